The molecule has 1 aliphatic rings. The molecule has 0 aromatic rings. The number of alkyl halides is 1. The molecule has 0 aliphatic carbocycles. The summed E-state index contributed by atoms with van der Waals surface area (Å²) in [5.74, 6) is -0.823. The van der Waals surface area contributed by atoms with Crippen molar-refractivity contribution in [3.8, 4) is 0 Å². The smallest absolute Gasteiger partial charge is 0.344 e. The fourth-order valence-corrected chi connectivity index (χ4v) is 5.52. The Hall–Kier alpha value is -0.240. The molecule has 0 bridgehead atoms. The predicted octanol–water partition coefficient (Wildman–Crippen LogP) is 3.39. The maximum Gasteiger partial charge on any atom is 0.344 e. The van der Waals surface area contributed by atoms with Gasteiger partial charge in [-0.2, -0.15) is 0 Å². The van der Waals surface area contributed by atoms with Crippen molar-refractivity contribution in [2.24, 2.45) is 0 Å². The summed E-state index contributed by atoms with van der Waals surface area (Å²) < 4.78 is 5.60. The third-order valence-corrected chi connectivity index (χ3v) is 5.45. The van der Waals surface area contributed by atoms with Gasteiger partial charge >= 0.3 is 5.97 Å². The van der Waals surface area contributed by atoms with Crippen molar-refractivity contribution in [2.75, 3.05) is 6.61 Å². The first-order chi connectivity index (χ1) is 9.65. The third kappa shape index (κ3) is 5.81. The third-order valence-electron chi connectivity index (χ3n) is 2.35. The Morgan fingerprint density at radius 3 is 2.76 bits per heavy atom. The maximum absolute atomic E-state index is 11.7. The minimum Gasteiger partial charge on any atom is -0.459 e. The number of carbonyl (C=O) groups is 2. The largest absolute Gasteiger partial charge is 0.459 e. The number of rotatable bonds is 5. The van der Waals surface area contributed by atoms with Crippen LogP contribution in [0.15, 0.2) is 12.7 Å². The molecule has 1 aliphatic heterocycles. The molecular weight excluding hydrogens is 350 g/mol. The highest BCUT2D eigenvalue weighted by molar-refractivity contribution is 8.47. The fraction of sp³-hybridized carbons (Fsp3) is 0.615. The van der Waals surface area contributed by atoms with E-state index < -0.39 is 11.5 Å². The topological polar surface area (TPSA) is 46.6 Å². The van der Waals surface area contributed by atoms with E-state index in [1.165, 1.54) is 22.7 Å². The lowest BCUT2D eigenvalue weighted by Crippen LogP contribution is -2.57. The van der Waals surface area contributed by atoms with Crippen LogP contribution in [0.1, 0.15) is 27.2 Å². The number of likely N-dealkylation sites (tertiary alicyclic amines) is 1. The van der Waals surface area contributed by atoms with Gasteiger partial charge in [0, 0.05) is 4.75 Å². The van der Waals surface area contributed by atoms with Crippen LogP contribution in [0.2, 0.25) is 0 Å². The van der Waals surface area contributed by atoms with E-state index in [-0.39, 0.29) is 22.6 Å². The molecule has 2 atom stereocenters. The highest BCUT2D eigenvalue weighted by Gasteiger charge is 2.44. The van der Waals surface area contributed by atoms with E-state index in [2.05, 4.69) is 27.4 Å². The zero-order valence-electron chi connectivity index (χ0n) is 12.1. The molecule has 21 heavy (non-hydrogen) atoms. The van der Waals surface area contributed by atoms with E-state index in [1.54, 1.807) is 11.8 Å². The maximum atomic E-state index is 11.7. The molecule has 0 saturated carbocycles. The molecule has 0 spiro atoms. The van der Waals surface area contributed by atoms with Crippen LogP contribution < -0.4 is 0 Å². The number of ether oxygens (including phenoxy) is 1. The first kappa shape index (κ1) is 18.8. The van der Waals surface area contributed by atoms with Crippen LogP contribution in [0.25, 0.3) is 0 Å². The van der Waals surface area contributed by atoms with E-state index in [0.717, 1.165) is 3.53 Å². The fourth-order valence-electron chi connectivity index (χ4n) is 1.48. The van der Waals surface area contributed by atoms with Crippen LogP contribution in [0, 0.1) is 0 Å². The van der Waals surface area contributed by atoms with Gasteiger partial charge < -0.3 is 9.64 Å². The molecule has 1 rings (SSSR count). The van der Waals surface area contributed by atoms with Gasteiger partial charge in [0.2, 0.25) is 11.4 Å². The Balaban J connectivity index is 2.57. The number of thiocarbonyl (C=S) groups is 1. The van der Waals surface area contributed by atoms with Gasteiger partial charge in [-0.25, -0.2) is 4.79 Å². The monoisotopic (exact) mass is 367 g/mol. The molecule has 0 N–H and O–H groups in total. The Morgan fingerprint density at radius 1 is 1.67 bits per heavy atom. The van der Waals surface area contributed by atoms with Gasteiger partial charge in [0.1, 0.15) is 10.1 Å². The number of esters is 1. The summed E-state index contributed by atoms with van der Waals surface area (Å²) in [6.45, 7) is 9.70. The van der Waals surface area contributed by atoms with E-state index >= 15 is 0 Å². The van der Waals surface area contributed by atoms with Crippen molar-refractivity contribution in [1.82, 2.24) is 4.90 Å². The Labute approximate surface area is 144 Å². The molecule has 2 unspecified atom stereocenters. The van der Waals surface area contributed by atoms with Gasteiger partial charge in [0.25, 0.3) is 0 Å². The number of nitrogens with zero attached hydrogens (tertiary/aromatic N) is 1. The molecule has 1 saturated heterocycles. The second-order valence-electron chi connectivity index (χ2n) is 5.30. The zero-order chi connectivity index (χ0) is 16.2. The van der Waals surface area contributed by atoms with Crippen LogP contribution in [0.3, 0.4) is 0 Å². The molecule has 1 fully saturated rings. The number of amides is 1. The lowest BCUT2D eigenvalue weighted by Gasteiger charge is -2.41. The second kappa shape index (κ2) is 7.85. The molecule has 0 radical (unpaired) electrons. The van der Waals surface area contributed by atoms with Crippen molar-refractivity contribution in [2.45, 2.75) is 42.8 Å². The first-order valence-corrected chi connectivity index (χ1v) is 8.82. The molecule has 4 nitrogen and oxygen atoms in total. The summed E-state index contributed by atoms with van der Waals surface area (Å²) in [5.41, 5.74) is -1.12. The van der Waals surface area contributed by atoms with Gasteiger partial charge in [-0.05, 0) is 0 Å². The molecule has 1 amide bonds. The molecular formula is C13H18ClNO3S3. The summed E-state index contributed by atoms with van der Waals surface area (Å²) in [6, 6.07) is 0. The molecule has 118 valence electrons. The van der Waals surface area contributed by atoms with Gasteiger partial charge in [-0.3, -0.25) is 4.79 Å². The normalized spacial score (nSPS) is 19.7. The first-order valence-electron chi connectivity index (χ1n) is 6.28. The molecule has 1 heterocycles. The van der Waals surface area contributed by atoms with Crippen molar-refractivity contribution in [3.05, 3.63) is 12.7 Å². The predicted molar refractivity (Wildman–Crippen MR) is 93.6 cm³/mol. The lowest BCUT2D eigenvalue weighted by molar-refractivity contribution is -0.156. The number of hydrogen-bond donors (Lipinski definition) is 0. The number of halogens is 1. The van der Waals surface area contributed by atoms with Gasteiger partial charge in [-0.15, -0.1) is 11.8 Å². The molecule has 0 aromatic heterocycles. The van der Waals surface area contributed by atoms with Crippen molar-refractivity contribution >= 4 is 62.7 Å². The summed E-state index contributed by atoms with van der Waals surface area (Å²) >= 11 is 14.3. The summed E-state index contributed by atoms with van der Waals surface area (Å²) in [7, 11) is 0. The number of carbonyl (C=O) groups excluding carboxylic acids is 2. The van der Waals surface area contributed by atoms with Crippen LogP contribution in [0.4, 0.5) is 0 Å². The quantitative estimate of drug-likeness (QED) is 0.185. The zero-order valence-corrected chi connectivity index (χ0v) is 15.3. The van der Waals surface area contributed by atoms with Crippen LogP contribution in [0.5, 0.6) is 0 Å². The minimum absolute atomic E-state index is 0.00588. The van der Waals surface area contributed by atoms with Crippen molar-refractivity contribution < 1.29 is 14.3 Å². The Bertz CT molecular complexity index is 450. The van der Waals surface area contributed by atoms with Gasteiger partial charge in [0.05, 0.1) is 11.8 Å². The van der Waals surface area contributed by atoms with Crippen LogP contribution in [-0.4, -0.2) is 42.5 Å². The summed E-state index contributed by atoms with van der Waals surface area (Å²) in [6.07, 6.45) is 1.77. The van der Waals surface area contributed by atoms with Crippen molar-refractivity contribution in [1.29, 1.82) is 0 Å². The van der Waals surface area contributed by atoms with Crippen LogP contribution >= 0.6 is 47.3 Å². The standard InChI is InChI=1S/C13H18ClNO3S3/c1-5-6-18-11(17)10(14)15-8(16)7-9(15)20-12(19)21-13(2,3)4/h5,9-10H,1,6-7H2,2-4H3. The summed E-state index contributed by atoms with van der Waals surface area (Å²) in [4.78, 5) is 24.7. The minimum atomic E-state index is -1.12. The highest BCUT2D eigenvalue weighted by Crippen LogP contribution is 2.39. The Kier molecular flexibility index (Phi) is 7.03. The number of thioether (sulfide) groups is 2. The Morgan fingerprint density at radius 2 is 2.29 bits per heavy atom. The number of hydrogen-bond acceptors (Lipinski definition) is 6. The van der Waals surface area contributed by atoms with Crippen LogP contribution in [-0.2, 0) is 14.3 Å². The molecule has 8 heteroatoms. The summed E-state index contributed by atoms with van der Waals surface area (Å²) in [5, 5.41) is -0.210. The van der Waals surface area contributed by atoms with E-state index in [9.17, 15) is 9.59 Å². The highest BCUT2D eigenvalue weighted by atomic mass is 35.5. The van der Waals surface area contributed by atoms with Gasteiger partial charge in [-0.1, -0.05) is 69.0 Å². The van der Waals surface area contributed by atoms with E-state index in [4.69, 9.17) is 28.6 Å². The van der Waals surface area contributed by atoms with E-state index in [0.29, 0.717) is 6.42 Å². The average Bonchev–Trinajstić information content (AvgIpc) is 2.32. The van der Waals surface area contributed by atoms with Gasteiger partial charge in [0.15, 0.2) is 0 Å². The van der Waals surface area contributed by atoms with Crippen molar-refractivity contribution in [3.63, 3.8) is 0 Å². The SMILES string of the molecule is C=CCOC(=O)C(Cl)N1C(=O)CC1SC(=S)SC(C)(C)C. The average molecular weight is 368 g/mol. The van der Waals surface area contributed by atoms with E-state index in [1.807, 2.05) is 0 Å². The second-order valence-corrected chi connectivity index (χ2v) is 9.92. The molecule has 0 aromatic carbocycles. The number of β-lactam (4-membered cyclic amide) rings is 1. The lowest BCUT2D eigenvalue weighted by atomic mass is 10.2.